The summed E-state index contributed by atoms with van der Waals surface area (Å²) < 4.78 is 2.69. The molecule has 2 aromatic rings. The highest BCUT2D eigenvalue weighted by Gasteiger charge is 2.19. The minimum absolute atomic E-state index is 0.672. The number of rotatable bonds is 5. The lowest BCUT2D eigenvalue weighted by atomic mass is 10.1. The normalized spacial score (nSPS) is 12.9. The Balaban J connectivity index is 2.26. The van der Waals surface area contributed by atoms with Crippen LogP contribution in [0.1, 0.15) is 22.9 Å². The van der Waals surface area contributed by atoms with E-state index in [2.05, 4.69) is 25.9 Å². The molecule has 20 heavy (non-hydrogen) atoms. The van der Waals surface area contributed by atoms with E-state index in [1.165, 1.54) is 5.56 Å². The number of nitrogens with zero attached hydrogens (tertiary/aromatic N) is 3. The second-order valence-electron chi connectivity index (χ2n) is 5.22. The fraction of sp³-hybridized carbons (Fsp3) is 0.400. The van der Waals surface area contributed by atoms with Gasteiger partial charge in [0.1, 0.15) is 6.10 Å². The van der Waals surface area contributed by atoms with E-state index in [0.717, 1.165) is 28.8 Å². The van der Waals surface area contributed by atoms with Crippen molar-refractivity contribution in [1.29, 1.82) is 0 Å². The van der Waals surface area contributed by atoms with Crippen LogP contribution in [0, 0.1) is 6.92 Å². The minimum Gasteiger partial charge on any atom is -0.382 e. The molecule has 0 amide bonds. The topological polar surface area (TPSA) is 41.3 Å². The van der Waals surface area contributed by atoms with Crippen molar-refractivity contribution in [2.75, 3.05) is 20.6 Å². The summed E-state index contributed by atoms with van der Waals surface area (Å²) in [7, 11) is 4.04. The smallest absolute Gasteiger partial charge is 0.122 e. The first-order valence-corrected chi connectivity index (χ1v) is 7.39. The van der Waals surface area contributed by atoms with E-state index in [4.69, 9.17) is 0 Å². The molecule has 1 aromatic heterocycles. The van der Waals surface area contributed by atoms with Gasteiger partial charge in [-0.2, -0.15) is 5.10 Å². The highest BCUT2D eigenvalue weighted by molar-refractivity contribution is 9.10. The van der Waals surface area contributed by atoms with Crippen LogP contribution in [-0.4, -0.2) is 40.4 Å². The highest BCUT2D eigenvalue weighted by Crippen LogP contribution is 2.28. The van der Waals surface area contributed by atoms with E-state index >= 15 is 0 Å². The number of benzene rings is 1. The molecule has 1 atom stereocenters. The van der Waals surface area contributed by atoms with Gasteiger partial charge in [-0.1, -0.05) is 29.8 Å². The summed E-state index contributed by atoms with van der Waals surface area (Å²) in [6.07, 6.45) is 1.07. The summed E-state index contributed by atoms with van der Waals surface area (Å²) in [6.45, 7) is 3.66. The molecule has 1 unspecified atom stereocenters. The van der Waals surface area contributed by atoms with E-state index in [-0.39, 0.29) is 0 Å². The molecular weight excluding hydrogens is 318 g/mol. The van der Waals surface area contributed by atoms with Crippen LogP contribution in [-0.2, 0) is 6.54 Å². The molecule has 0 aliphatic heterocycles. The Morgan fingerprint density at radius 3 is 2.55 bits per heavy atom. The summed E-state index contributed by atoms with van der Waals surface area (Å²) in [6, 6.07) is 7.92. The lowest BCUT2D eigenvalue weighted by Gasteiger charge is -2.16. The van der Waals surface area contributed by atoms with Gasteiger partial charge in [0.15, 0.2) is 0 Å². The number of hydrogen-bond donors (Lipinski definition) is 1. The second kappa shape index (κ2) is 6.52. The predicted molar refractivity (Wildman–Crippen MR) is 83.7 cm³/mol. The molecule has 5 heteroatoms. The molecule has 0 aliphatic carbocycles. The molecule has 1 aromatic carbocycles. The summed E-state index contributed by atoms with van der Waals surface area (Å²) >= 11 is 3.48. The van der Waals surface area contributed by atoms with Crippen LogP contribution in [0.3, 0.4) is 0 Å². The quantitative estimate of drug-likeness (QED) is 0.911. The zero-order valence-corrected chi connectivity index (χ0v) is 13.6. The van der Waals surface area contributed by atoms with Crippen molar-refractivity contribution in [3.8, 4) is 0 Å². The van der Waals surface area contributed by atoms with Gasteiger partial charge in [0.05, 0.1) is 22.9 Å². The predicted octanol–water partition coefficient (Wildman–Crippen LogP) is 2.60. The maximum Gasteiger partial charge on any atom is 0.122 e. The van der Waals surface area contributed by atoms with Crippen molar-refractivity contribution < 1.29 is 5.11 Å². The van der Waals surface area contributed by atoms with E-state index < -0.39 is 6.10 Å². The van der Waals surface area contributed by atoms with Crippen molar-refractivity contribution in [3.05, 3.63) is 51.8 Å². The van der Waals surface area contributed by atoms with Crippen LogP contribution in [0.5, 0.6) is 0 Å². The summed E-state index contributed by atoms with van der Waals surface area (Å²) in [5.41, 5.74) is 2.86. The molecule has 4 nitrogen and oxygen atoms in total. The van der Waals surface area contributed by atoms with Crippen molar-refractivity contribution in [2.45, 2.75) is 19.6 Å². The minimum atomic E-state index is -0.672. The Labute approximate surface area is 128 Å². The lowest BCUT2D eigenvalue weighted by Crippen LogP contribution is -2.21. The monoisotopic (exact) mass is 337 g/mol. The maximum atomic E-state index is 10.6. The third kappa shape index (κ3) is 3.48. The standard InChI is InChI=1S/C15H20BrN3O/c1-11-4-6-12(7-5-11)15(20)14-13(16)10-17-19(14)9-8-18(2)3/h4-7,10,15,20H,8-9H2,1-3H3. The summed E-state index contributed by atoms with van der Waals surface area (Å²) in [5.74, 6) is 0. The van der Waals surface area contributed by atoms with Gasteiger partial charge in [0, 0.05) is 6.54 Å². The largest absolute Gasteiger partial charge is 0.382 e. The summed E-state index contributed by atoms with van der Waals surface area (Å²) in [5, 5.41) is 14.9. The van der Waals surface area contributed by atoms with Crippen molar-refractivity contribution >= 4 is 15.9 Å². The third-order valence-electron chi connectivity index (χ3n) is 3.24. The van der Waals surface area contributed by atoms with Crippen LogP contribution in [0.2, 0.25) is 0 Å². The Bertz CT molecular complexity index is 563. The second-order valence-corrected chi connectivity index (χ2v) is 6.07. The van der Waals surface area contributed by atoms with E-state index in [9.17, 15) is 5.11 Å². The van der Waals surface area contributed by atoms with Crippen molar-refractivity contribution in [3.63, 3.8) is 0 Å². The van der Waals surface area contributed by atoms with Gasteiger partial charge >= 0.3 is 0 Å². The van der Waals surface area contributed by atoms with Crippen LogP contribution in [0.25, 0.3) is 0 Å². The Hall–Kier alpha value is -1.17. The molecule has 1 N–H and O–H groups in total. The SMILES string of the molecule is Cc1ccc(C(O)c2c(Br)cnn2CCN(C)C)cc1. The van der Waals surface area contributed by atoms with Crippen LogP contribution >= 0.6 is 15.9 Å². The maximum absolute atomic E-state index is 10.6. The van der Waals surface area contributed by atoms with E-state index in [0.29, 0.717) is 0 Å². The number of hydrogen-bond acceptors (Lipinski definition) is 3. The first kappa shape index (κ1) is 15.2. The average Bonchev–Trinajstić information content (AvgIpc) is 2.77. The van der Waals surface area contributed by atoms with Crippen LogP contribution in [0.4, 0.5) is 0 Å². The number of aromatic nitrogens is 2. The molecule has 0 spiro atoms. The first-order valence-electron chi connectivity index (χ1n) is 6.59. The lowest BCUT2D eigenvalue weighted by molar-refractivity contribution is 0.205. The molecule has 108 valence electrons. The first-order chi connectivity index (χ1) is 9.49. The number of aliphatic hydroxyl groups excluding tert-OH is 1. The Kier molecular flexibility index (Phi) is 4.96. The van der Waals surface area contributed by atoms with Gasteiger partial charge in [-0.15, -0.1) is 0 Å². The fourth-order valence-corrected chi connectivity index (χ4v) is 2.54. The van der Waals surface area contributed by atoms with Crippen LogP contribution < -0.4 is 0 Å². The van der Waals surface area contributed by atoms with Crippen LogP contribution in [0.15, 0.2) is 34.9 Å². The van der Waals surface area contributed by atoms with Gasteiger partial charge in [0.2, 0.25) is 0 Å². The zero-order chi connectivity index (χ0) is 14.7. The van der Waals surface area contributed by atoms with Gasteiger partial charge in [0.25, 0.3) is 0 Å². The summed E-state index contributed by atoms with van der Waals surface area (Å²) in [4.78, 5) is 2.09. The Morgan fingerprint density at radius 2 is 1.95 bits per heavy atom. The number of aryl methyl sites for hydroxylation is 1. The van der Waals surface area contributed by atoms with Gasteiger partial charge in [-0.05, 0) is 42.5 Å². The number of halogens is 1. The fourth-order valence-electron chi connectivity index (χ4n) is 2.02. The molecular formula is C15H20BrN3O. The van der Waals surface area contributed by atoms with E-state index in [1.54, 1.807) is 6.20 Å². The molecule has 0 aliphatic rings. The molecule has 2 rings (SSSR count). The van der Waals surface area contributed by atoms with E-state index in [1.807, 2.05) is 50.0 Å². The zero-order valence-electron chi connectivity index (χ0n) is 12.0. The molecule has 0 saturated carbocycles. The third-order valence-corrected chi connectivity index (χ3v) is 3.86. The molecule has 0 bridgehead atoms. The number of likely N-dealkylation sites (N-methyl/N-ethyl adjacent to an activating group) is 1. The molecule has 1 heterocycles. The Morgan fingerprint density at radius 1 is 1.30 bits per heavy atom. The number of aliphatic hydroxyl groups is 1. The van der Waals surface area contributed by atoms with Crippen molar-refractivity contribution in [1.82, 2.24) is 14.7 Å². The van der Waals surface area contributed by atoms with Crippen molar-refractivity contribution in [2.24, 2.45) is 0 Å². The average molecular weight is 338 g/mol. The van der Waals surface area contributed by atoms with Gasteiger partial charge < -0.3 is 10.0 Å². The molecule has 0 fully saturated rings. The molecule has 0 saturated heterocycles. The van der Waals surface area contributed by atoms with Gasteiger partial charge in [-0.25, -0.2) is 0 Å². The molecule has 0 radical (unpaired) electrons. The highest BCUT2D eigenvalue weighted by atomic mass is 79.9. The van der Waals surface area contributed by atoms with Gasteiger partial charge in [-0.3, -0.25) is 4.68 Å².